The molecule has 0 radical (unpaired) electrons. The lowest BCUT2D eigenvalue weighted by atomic mass is 10.1. The second-order valence-corrected chi connectivity index (χ2v) is 5.44. The maximum Gasteiger partial charge on any atom is 0.229 e. The molecule has 19 heavy (non-hydrogen) atoms. The summed E-state index contributed by atoms with van der Waals surface area (Å²) < 4.78 is 0. The van der Waals surface area contributed by atoms with Gasteiger partial charge >= 0.3 is 0 Å². The molecular weight excluding hydrogens is 262 g/mol. The van der Waals surface area contributed by atoms with E-state index < -0.39 is 0 Å². The van der Waals surface area contributed by atoms with Gasteiger partial charge in [-0.25, -0.2) is 0 Å². The molecule has 100 valence electrons. The lowest BCUT2D eigenvalue weighted by Crippen LogP contribution is -2.39. The summed E-state index contributed by atoms with van der Waals surface area (Å²) in [4.78, 5) is 26.5. The SMILES string of the molecule is O=C1CCCC(=O)N1Cc1ccc(C#CCCO)s1. The highest BCUT2D eigenvalue weighted by molar-refractivity contribution is 7.12. The van der Waals surface area contributed by atoms with Gasteiger partial charge in [-0.2, -0.15) is 0 Å². The van der Waals surface area contributed by atoms with Gasteiger partial charge in [0.15, 0.2) is 0 Å². The van der Waals surface area contributed by atoms with Crippen LogP contribution in [0.15, 0.2) is 12.1 Å². The smallest absolute Gasteiger partial charge is 0.229 e. The minimum absolute atomic E-state index is 0.0576. The van der Waals surface area contributed by atoms with Crippen molar-refractivity contribution in [1.82, 2.24) is 4.90 Å². The maximum absolute atomic E-state index is 11.7. The molecule has 2 rings (SSSR count). The number of carbonyl (C=O) groups excluding carboxylic acids is 2. The molecule has 1 N–H and O–H groups in total. The third-order valence-electron chi connectivity index (χ3n) is 2.81. The first-order chi connectivity index (χ1) is 9.20. The van der Waals surface area contributed by atoms with Crippen molar-refractivity contribution in [2.24, 2.45) is 0 Å². The maximum atomic E-state index is 11.7. The molecule has 1 aromatic heterocycles. The number of likely N-dealkylation sites (tertiary alicyclic amines) is 1. The Morgan fingerprint density at radius 1 is 1.26 bits per heavy atom. The van der Waals surface area contributed by atoms with Gasteiger partial charge in [-0.3, -0.25) is 14.5 Å². The van der Waals surface area contributed by atoms with Gasteiger partial charge in [0.2, 0.25) is 11.8 Å². The fourth-order valence-electron chi connectivity index (χ4n) is 1.87. The zero-order chi connectivity index (χ0) is 13.7. The van der Waals surface area contributed by atoms with Gasteiger partial charge in [-0.15, -0.1) is 11.3 Å². The van der Waals surface area contributed by atoms with E-state index in [9.17, 15) is 9.59 Å². The van der Waals surface area contributed by atoms with Crippen LogP contribution in [0.1, 0.15) is 35.4 Å². The molecule has 1 aliphatic rings. The van der Waals surface area contributed by atoms with Crippen molar-refractivity contribution in [2.75, 3.05) is 6.61 Å². The Hall–Kier alpha value is -1.64. The molecule has 0 unspecified atom stereocenters. The standard InChI is InChI=1S/C14H15NO3S/c16-9-2-1-4-11-7-8-12(19-11)10-15-13(17)5-3-6-14(15)18/h7-8,16H,2-3,5-6,9-10H2. The summed E-state index contributed by atoms with van der Waals surface area (Å²) >= 11 is 1.48. The van der Waals surface area contributed by atoms with E-state index in [1.165, 1.54) is 16.2 Å². The Bertz CT molecular complexity index is 522. The Morgan fingerprint density at radius 3 is 2.68 bits per heavy atom. The van der Waals surface area contributed by atoms with Crippen molar-refractivity contribution in [3.63, 3.8) is 0 Å². The number of rotatable bonds is 3. The fourth-order valence-corrected chi connectivity index (χ4v) is 2.74. The monoisotopic (exact) mass is 277 g/mol. The zero-order valence-electron chi connectivity index (χ0n) is 10.5. The van der Waals surface area contributed by atoms with Crippen LogP contribution in [0.4, 0.5) is 0 Å². The number of aliphatic hydroxyl groups excluding tert-OH is 1. The molecule has 1 aromatic rings. The largest absolute Gasteiger partial charge is 0.395 e. The summed E-state index contributed by atoms with van der Waals surface area (Å²) in [5, 5.41) is 8.64. The lowest BCUT2D eigenvalue weighted by molar-refractivity contribution is -0.148. The van der Waals surface area contributed by atoms with Gasteiger partial charge in [-0.05, 0) is 18.6 Å². The first-order valence-corrected chi connectivity index (χ1v) is 7.04. The number of thiophene rings is 1. The van der Waals surface area contributed by atoms with Gasteiger partial charge < -0.3 is 5.11 Å². The van der Waals surface area contributed by atoms with Crippen LogP contribution in [0.5, 0.6) is 0 Å². The van der Waals surface area contributed by atoms with Gasteiger partial charge in [0.1, 0.15) is 0 Å². The summed E-state index contributed by atoms with van der Waals surface area (Å²) in [7, 11) is 0. The molecular formula is C14H15NO3S. The molecule has 1 fully saturated rings. The number of hydrogen-bond donors (Lipinski definition) is 1. The van der Waals surface area contributed by atoms with E-state index in [1.54, 1.807) is 0 Å². The highest BCUT2D eigenvalue weighted by atomic mass is 32.1. The van der Waals surface area contributed by atoms with Crippen molar-refractivity contribution >= 4 is 23.2 Å². The van der Waals surface area contributed by atoms with Gasteiger partial charge in [0, 0.05) is 24.1 Å². The van der Waals surface area contributed by atoms with Crippen molar-refractivity contribution < 1.29 is 14.7 Å². The normalized spacial score (nSPS) is 15.3. The van der Waals surface area contributed by atoms with Crippen molar-refractivity contribution in [1.29, 1.82) is 0 Å². The van der Waals surface area contributed by atoms with Crippen LogP contribution < -0.4 is 0 Å². The van der Waals surface area contributed by atoms with Crippen molar-refractivity contribution in [3.8, 4) is 11.8 Å². The van der Waals surface area contributed by atoms with Crippen LogP contribution in [0, 0.1) is 11.8 Å². The topological polar surface area (TPSA) is 57.6 Å². The lowest BCUT2D eigenvalue weighted by Gasteiger charge is -2.24. The van der Waals surface area contributed by atoms with Crippen molar-refractivity contribution in [3.05, 3.63) is 21.9 Å². The zero-order valence-corrected chi connectivity index (χ0v) is 11.3. The van der Waals surface area contributed by atoms with E-state index in [4.69, 9.17) is 5.11 Å². The number of amides is 2. The predicted molar refractivity (Wildman–Crippen MR) is 72.3 cm³/mol. The van der Waals surface area contributed by atoms with Gasteiger partial charge in [0.25, 0.3) is 0 Å². The highest BCUT2D eigenvalue weighted by Gasteiger charge is 2.26. The number of aliphatic hydroxyl groups is 1. The first-order valence-electron chi connectivity index (χ1n) is 6.22. The fraction of sp³-hybridized carbons (Fsp3) is 0.429. The quantitative estimate of drug-likeness (QED) is 0.673. The van der Waals surface area contributed by atoms with E-state index in [2.05, 4.69) is 11.8 Å². The third kappa shape index (κ3) is 3.66. The van der Waals surface area contributed by atoms with Crippen LogP contribution in [-0.4, -0.2) is 28.4 Å². The molecule has 2 heterocycles. The number of carbonyl (C=O) groups is 2. The third-order valence-corrected chi connectivity index (χ3v) is 3.79. The van der Waals surface area contributed by atoms with E-state index in [0.29, 0.717) is 32.2 Å². The van der Waals surface area contributed by atoms with Gasteiger partial charge in [0.05, 0.1) is 18.0 Å². The molecule has 0 aromatic carbocycles. The molecule has 1 saturated heterocycles. The highest BCUT2D eigenvalue weighted by Crippen LogP contribution is 2.21. The molecule has 0 aliphatic carbocycles. The molecule has 0 spiro atoms. The second kappa shape index (κ2) is 6.50. The summed E-state index contributed by atoms with van der Waals surface area (Å²) in [6.07, 6.45) is 2.04. The Morgan fingerprint density at radius 2 is 2.00 bits per heavy atom. The van der Waals surface area contributed by atoms with Crippen LogP contribution in [0.3, 0.4) is 0 Å². The summed E-state index contributed by atoms with van der Waals surface area (Å²) in [5.41, 5.74) is 0. The molecule has 4 nitrogen and oxygen atoms in total. The van der Waals surface area contributed by atoms with Crippen LogP contribution in [0.25, 0.3) is 0 Å². The van der Waals surface area contributed by atoms with E-state index in [-0.39, 0.29) is 18.4 Å². The second-order valence-electron chi connectivity index (χ2n) is 4.27. The van der Waals surface area contributed by atoms with Crippen LogP contribution >= 0.6 is 11.3 Å². The average molecular weight is 277 g/mol. The Labute approximate surface area is 116 Å². The molecule has 2 amide bonds. The summed E-state index contributed by atoms with van der Waals surface area (Å²) in [6, 6.07) is 3.77. The molecule has 5 heteroatoms. The molecule has 1 aliphatic heterocycles. The molecule has 0 saturated carbocycles. The van der Waals surface area contributed by atoms with Crippen LogP contribution in [-0.2, 0) is 16.1 Å². The predicted octanol–water partition coefficient (Wildman–Crippen LogP) is 1.52. The van der Waals surface area contributed by atoms with Crippen molar-refractivity contribution in [2.45, 2.75) is 32.2 Å². The first kappa shape index (κ1) is 13.8. The Balaban J connectivity index is 2.01. The average Bonchev–Trinajstić information content (AvgIpc) is 2.82. The van der Waals surface area contributed by atoms with E-state index in [1.807, 2.05) is 12.1 Å². The Kier molecular flexibility index (Phi) is 4.72. The minimum atomic E-state index is -0.0856. The van der Waals surface area contributed by atoms with E-state index in [0.717, 1.165) is 9.75 Å². The summed E-state index contributed by atoms with van der Waals surface area (Å²) in [6.45, 7) is 0.409. The number of nitrogens with zero attached hydrogens (tertiary/aromatic N) is 1. The van der Waals surface area contributed by atoms with Gasteiger partial charge in [-0.1, -0.05) is 11.8 Å². The van der Waals surface area contributed by atoms with E-state index >= 15 is 0 Å². The molecule has 0 atom stereocenters. The number of piperidine rings is 1. The minimum Gasteiger partial charge on any atom is -0.395 e. The number of hydrogen-bond acceptors (Lipinski definition) is 4. The van der Waals surface area contributed by atoms with Crippen LogP contribution in [0.2, 0.25) is 0 Å². The number of imide groups is 1. The molecule has 0 bridgehead atoms. The summed E-state index contributed by atoms with van der Waals surface area (Å²) in [5.74, 6) is 5.62.